The molecule has 0 aliphatic rings. The van der Waals surface area contributed by atoms with E-state index in [1.165, 1.54) is 18.2 Å². The van der Waals surface area contributed by atoms with Crippen molar-refractivity contribution in [2.24, 2.45) is 0 Å². The molecule has 0 amide bonds. The largest absolute Gasteiger partial charge is 0.456 e. The summed E-state index contributed by atoms with van der Waals surface area (Å²) in [6.07, 6.45) is 0. The van der Waals surface area contributed by atoms with Gasteiger partial charge in [-0.15, -0.1) is 65.6 Å². The van der Waals surface area contributed by atoms with Crippen molar-refractivity contribution in [1.29, 1.82) is 0 Å². The van der Waals surface area contributed by atoms with Gasteiger partial charge < -0.3 is 9.32 Å². The van der Waals surface area contributed by atoms with Gasteiger partial charge in [0.1, 0.15) is 231 Å². The first-order valence-corrected chi connectivity index (χ1v) is 24.2. The van der Waals surface area contributed by atoms with Crippen LogP contribution in [0.15, 0.2) is 46.9 Å². The average molecular weight is 964 g/mol. The number of fused-ring (bicyclic) bond motifs is 4. The van der Waals surface area contributed by atoms with E-state index < -0.39 is 0 Å². The second kappa shape index (κ2) is 21.3. The van der Waals surface area contributed by atoms with E-state index in [9.17, 15) is 0 Å². The number of furan rings is 1. The van der Waals surface area contributed by atoms with Crippen molar-refractivity contribution in [3.05, 3.63) is 42.5 Å². The van der Waals surface area contributed by atoms with Crippen LogP contribution in [0.4, 0.5) is 17.1 Å². The fraction of sp³-hybridized carbons (Fsp3) is 0. The molecule has 310 valence electrons. The summed E-state index contributed by atoms with van der Waals surface area (Å²) in [6, 6.07) is 10.9. The van der Waals surface area contributed by atoms with E-state index in [1.54, 1.807) is 29.2 Å². The zero-order valence-electron chi connectivity index (χ0n) is 43.6. The lowest BCUT2D eigenvalue weighted by atomic mass is 9.58. The van der Waals surface area contributed by atoms with Gasteiger partial charge in [0, 0.05) is 39.0 Å². The molecule has 10 rings (SSSR count). The summed E-state index contributed by atoms with van der Waals surface area (Å²) < 4.78 is 6.77. The second-order valence-corrected chi connectivity index (χ2v) is 19.7. The molecule has 0 unspecified atom stereocenters. The normalized spacial score (nSPS) is 11.6. The van der Waals surface area contributed by atoms with E-state index in [2.05, 4.69) is 0 Å². The molecule has 0 N–H and O–H groups in total. The lowest BCUT2D eigenvalue weighted by Crippen LogP contribution is -2.56. The molecule has 0 atom stereocenters. The molecule has 82 heavy (non-hydrogen) atoms. The van der Waals surface area contributed by atoms with Crippen molar-refractivity contribution in [2.45, 2.75) is 0 Å². The zero-order valence-corrected chi connectivity index (χ0v) is 43.6. The summed E-state index contributed by atoms with van der Waals surface area (Å²) in [4.78, 5) is 1.56. The minimum Gasteiger partial charge on any atom is -0.456 e. The maximum Gasteiger partial charge on any atom is 0.141 e. The van der Waals surface area contributed by atoms with Crippen molar-refractivity contribution in [3.63, 3.8) is 0 Å². The molecule has 0 aliphatic carbocycles. The molecule has 56 radical (unpaired) electrons. The predicted octanol–water partition coefficient (Wildman–Crippen LogP) is -18.9. The zero-order chi connectivity index (χ0) is 60.2. The summed E-state index contributed by atoms with van der Waals surface area (Å²) in [5, 5.41) is 0.692. The number of rotatable bonds is 7. The minimum atomic E-state index is -0.171. The Morgan fingerprint density at radius 1 is 0.232 bits per heavy atom. The molecule has 0 bridgehead atoms. The summed E-state index contributed by atoms with van der Waals surface area (Å²) in [5.74, 6) is 0. The molecule has 0 fully saturated rings. The molecule has 1 aromatic heterocycles. The van der Waals surface area contributed by atoms with Crippen LogP contribution in [-0.2, 0) is 0 Å². The van der Waals surface area contributed by atoms with Gasteiger partial charge in [0.2, 0.25) is 0 Å². The first-order valence-electron chi connectivity index (χ1n) is 24.2. The van der Waals surface area contributed by atoms with Crippen molar-refractivity contribution in [2.75, 3.05) is 4.90 Å². The van der Waals surface area contributed by atoms with E-state index >= 15 is 0 Å². The van der Waals surface area contributed by atoms with Gasteiger partial charge in [-0.25, -0.2) is 0 Å². The number of hydrogen-bond acceptors (Lipinski definition) is 2. The van der Waals surface area contributed by atoms with Crippen LogP contribution in [-0.4, -0.2) is 220 Å². The van der Waals surface area contributed by atoms with Crippen LogP contribution in [0.5, 0.6) is 0 Å². The highest BCUT2D eigenvalue weighted by Gasteiger charge is 2.31. The first-order chi connectivity index (χ1) is 38.4. The number of hydrogen-bond donors (Lipinski definition) is 0. The van der Waals surface area contributed by atoms with Gasteiger partial charge in [-0.05, 0) is 73.9 Å². The first kappa shape index (κ1) is 59.8. The Labute approximate surface area is 515 Å². The standard InChI is InChI=1S/C52H7B28NO/c53-13-4-3-9(25(56)27(13)58)11-6-12(18-30(61)41(72)47(78)42(73)31(18)62)26(57)49(80)50(11)81(8-1-2-10(14(54)5-8)17-20-21(33(64)39(70)29(17)60)34(65)44(75)43(74)32(20)63)16-7-15(55)19-23-37(68)40(71)38(69)24(51(23)82-52(19)28(16)59)22-35(66)45(76)48(79)46(77)36(22)67/h1-7H. The Morgan fingerprint density at radius 3 is 1.20 bits per heavy atom. The smallest absolute Gasteiger partial charge is 0.141 e. The lowest BCUT2D eigenvalue weighted by Gasteiger charge is -2.35. The molecule has 30 heteroatoms. The number of nitrogens with zero attached hydrogens (tertiary/aromatic N) is 1. The highest BCUT2D eigenvalue weighted by atomic mass is 16.3. The molecular formula is C52H7B28NO. The van der Waals surface area contributed by atoms with Gasteiger partial charge in [-0.1, -0.05) is 100 Å². The average Bonchev–Trinajstić information content (AvgIpc) is 1.81. The lowest BCUT2D eigenvalue weighted by molar-refractivity contribution is 0.673. The highest BCUT2D eigenvalue weighted by Crippen LogP contribution is 2.41. The summed E-state index contributed by atoms with van der Waals surface area (Å²) >= 11 is 0. The predicted molar refractivity (Wildman–Crippen MR) is 379 cm³/mol. The Hall–Kier alpha value is -5.34. The van der Waals surface area contributed by atoms with Crippen LogP contribution in [0.1, 0.15) is 0 Å². The summed E-state index contributed by atoms with van der Waals surface area (Å²) in [5.41, 5.74) is -0.353. The Kier molecular flexibility index (Phi) is 15.5. The van der Waals surface area contributed by atoms with Crippen LogP contribution >= 0.6 is 0 Å². The van der Waals surface area contributed by atoms with E-state index in [4.69, 9.17) is 224 Å². The molecule has 0 spiro atoms. The molecule has 10 aromatic rings. The van der Waals surface area contributed by atoms with Gasteiger partial charge in [0.05, 0.1) is 0 Å². The monoisotopic (exact) mass is 969 g/mol. The fourth-order valence-corrected chi connectivity index (χ4v) is 10.7. The van der Waals surface area contributed by atoms with E-state index in [0.717, 1.165) is 0 Å². The SMILES string of the molecule is [B]c1cc(N(c2cc([B])c3c(oc4c(-c5c([B])c([B])c([B])c([B])c5[B])c([B])c([B])c([B])c43)c2[B])c2c(-c3ccc([B])c([B])c3[B])cc(-c3c([B])c([B])c([B])c([B])c3[B])c([B])c2[B])ccc1-c1c([B])c([B])c([B])c2c([B])c([B])c([B])c([B])c12. The Morgan fingerprint density at radius 2 is 0.659 bits per heavy atom. The van der Waals surface area contributed by atoms with Crippen molar-refractivity contribution < 1.29 is 4.42 Å². The summed E-state index contributed by atoms with van der Waals surface area (Å²) in [6.45, 7) is 0. The van der Waals surface area contributed by atoms with Gasteiger partial charge in [0.25, 0.3) is 0 Å². The topological polar surface area (TPSA) is 16.4 Å². The van der Waals surface area contributed by atoms with Gasteiger partial charge >= 0.3 is 0 Å². The third-order valence-electron chi connectivity index (χ3n) is 15.3. The van der Waals surface area contributed by atoms with Crippen LogP contribution in [0.2, 0.25) is 0 Å². The van der Waals surface area contributed by atoms with Crippen LogP contribution < -0.4 is 158 Å². The number of benzene rings is 9. The third kappa shape index (κ3) is 8.63. The van der Waals surface area contributed by atoms with Crippen molar-refractivity contribution in [1.82, 2.24) is 0 Å². The quantitative estimate of drug-likeness (QED) is 0.148. The molecule has 1 heterocycles. The van der Waals surface area contributed by atoms with E-state index in [0.29, 0.717) is 0 Å². The minimum absolute atomic E-state index is 0.000662. The van der Waals surface area contributed by atoms with E-state index in [-0.39, 0.29) is 247 Å². The molecule has 0 aliphatic heterocycles. The van der Waals surface area contributed by atoms with Crippen LogP contribution in [0.25, 0.3) is 77.2 Å². The third-order valence-corrected chi connectivity index (χ3v) is 15.3. The van der Waals surface area contributed by atoms with Crippen molar-refractivity contribution in [3.8, 4) is 44.5 Å². The van der Waals surface area contributed by atoms with E-state index in [1.807, 2.05) is 0 Å². The van der Waals surface area contributed by atoms with Crippen LogP contribution in [0.3, 0.4) is 0 Å². The van der Waals surface area contributed by atoms with Crippen LogP contribution in [0, 0.1) is 0 Å². The van der Waals surface area contributed by atoms with Gasteiger partial charge in [-0.3, -0.25) is 0 Å². The molecule has 0 saturated heterocycles. The Bertz CT molecular complexity index is 4510. The molecular weight excluding hydrogens is 957 g/mol. The molecule has 2 nitrogen and oxygen atoms in total. The number of anilines is 3. The van der Waals surface area contributed by atoms with Gasteiger partial charge in [0.15, 0.2) is 0 Å². The second-order valence-electron chi connectivity index (χ2n) is 19.7. The molecule has 0 saturated carbocycles. The van der Waals surface area contributed by atoms with Gasteiger partial charge in [-0.2, -0.15) is 0 Å². The highest BCUT2D eigenvalue weighted by molar-refractivity contribution is 6.75. The Balaban J connectivity index is 1.38. The fourth-order valence-electron chi connectivity index (χ4n) is 10.7. The van der Waals surface area contributed by atoms with Crippen molar-refractivity contribution >= 4 is 422 Å². The summed E-state index contributed by atoms with van der Waals surface area (Å²) in [7, 11) is 187. The molecule has 9 aromatic carbocycles. The maximum absolute atomic E-state index is 7.43. The maximum atomic E-state index is 7.43.